The van der Waals surface area contributed by atoms with Crippen molar-refractivity contribution in [2.24, 2.45) is 0 Å². The number of nitrogens with zero attached hydrogens (tertiary/aromatic N) is 2. The van der Waals surface area contributed by atoms with Crippen molar-refractivity contribution in [1.82, 2.24) is 10.3 Å². The summed E-state index contributed by atoms with van der Waals surface area (Å²) in [5.41, 5.74) is 1.39. The van der Waals surface area contributed by atoms with Gasteiger partial charge in [0.15, 0.2) is 11.7 Å². The summed E-state index contributed by atoms with van der Waals surface area (Å²) in [7, 11) is 0. The SMILES string of the molecule is CC(NC(=O)C(C#N)=Cc1ccccc1OCC(=O)Nc1nccs1)c1ccccc1. The first-order valence-corrected chi connectivity index (χ1v) is 10.3. The van der Waals surface area contributed by atoms with Crippen LogP contribution in [0.4, 0.5) is 5.13 Å². The Kier molecular flexibility index (Phi) is 7.51. The zero-order valence-electron chi connectivity index (χ0n) is 16.7. The highest BCUT2D eigenvalue weighted by molar-refractivity contribution is 7.13. The second kappa shape index (κ2) is 10.7. The van der Waals surface area contributed by atoms with E-state index in [1.807, 2.05) is 43.3 Å². The molecule has 0 saturated heterocycles. The fourth-order valence-electron chi connectivity index (χ4n) is 2.72. The van der Waals surface area contributed by atoms with E-state index < -0.39 is 5.91 Å². The van der Waals surface area contributed by atoms with E-state index in [0.717, 1.165) is 5.56 Å². The molecule has 1 aromatic heterocycles. The predicted molar refractivity (Wildman–Crippen MR) is 119 cm³/mol. The molecule has 0 aliphatic carbocycles. The minimum Gasteiger partial charge on any atom is -0.483 e. The van der Waals surface area contributed by atoms with Gasteiger partial charge in [-0.3, -0.25) is 14.9 Å². The van der Waals surface area contributed by atoms with E-state index in [1.54, 1.807) is 35.8 Å². The Bertz CT molecular complexity index is 1110. The van der Waals surface area contributed by atoms with E-state index in [-0.39, 0.29) is 24.1 Å². The van der Waals surface area contributed by atoms with Gasteiger partial charge in [0.2, 0.25) is 0 Å². The van der Waals surface area contributed by atoms with Gasteiger partial charge in [-0.25, -0.2) is 4.98 Å². The minimum absolute atomic E-state index is 0.0638. The minimum atomic E-state index is -0.491. The van der Waals surface area contributed by atoms with Gasteiger partial charge in [-0.1, -0.05) is 48.5 Å². The van der Waals surface area contributed by atoms with Crippen LogP contribution in [0.2, 0.25) is 0 Å². The highest BCUT2D eigenvalue weighted by atomic mass is 32.1. The lowest BCUT2D eigenvalue weighted by Crippen LogP contribution is -2.27. The molecule has 0 bridgehead atoms. The van der Waals surface area contributed by atoms with Gasteiger partial charge >= 0.3 is 0 Å². The number of nitriles is 1. The Morgan fingerprint density at radius 3 is 2.65 bits per heavy atom. The lowest BCUT2D eigenvalue weighted by molar-refractivity contribution is -0.118. The first-order chi connectivity index (χ1) is 15.1. The van der Waals surface area contributed by atoms with Crippen molar-refractivity contribution >= 4 is 34.4 Å². The third kappa shape index (κ3) is 6.26. The number of para-hydroxylation sites is 1. The number of hydrogen-bond donors (Lipinski definition) is 2. The quantitative estimate of drug-likeness (QED) is 0.414. The van der Waals surface area contributed by atoms with E-state index in [1.165, 1.54) is 17.4 Å². The highest BCUT2D eigenvalue weighted by Crippen LogP contribution is 2.22. The number of carbonyl (C=O) groups excluding carboxylic acids is 2. The number of hydrogen-bond acceptors (Lipinski definition) is 6. The average molecular weight is 433 g/mol. The molecule has 7 nitrogen and oxygen atoms in total. The number of rotatable bonds is 8. The van der Waals surface area contributed by atoms with Crippen LogP contribution >= 0.6 is 11.3 Å². The average Bonchev–Trinajstić information content (AvgIpc) is 3.30. The van der Waals surface area contributed by atoms with Gasteiger partial charge in [0.1, 0.15) is 17.4 Å². The van der Waals surface area contributed by atoms with Crippen LogP contribution in [0.25, 0.3) is 6.08 Å². The summed E-state index contributed by atoms with van der Waals surface area (Å²) in [6, 6.07) is 18.0. The molecule has 0 saturated carbocycles. The summed E-state index contributed by atoms with van der Waals surface area (Å²) >= 11 is 1.31. The van der Waals surface area contributed by atoms with Gasteiger partial charge in [-0.2, -0.15) is 5.26 Å². The topological polar surface area (TPSA) is 104 Å². The zero-order chi connectivity index (χ0) is 22.1. The summed E-state index contributed by atoms with van der Waals surface area (Å²) < 4.78 is 5.60. The molecule has 156 valence electrons. The second-order valence-corrected chi connectivity index (χ2v) is 7.38. The van der Waals surface area contributed by atoms with Crippen molar-refractivity contribution in [3.8, 4) is 11.8 Å². The Morgan fingerprint density at radius 1 is 1.19 bits per heavy atom. The summed E-state index contributed by atoms with van der Waals surface area (Å²) in [5.74, 6) is -0.465. The molecule has 31 heavy (non-hydrogen) atoms. The molecule has 1 atom stereocenters. The summed E-state index contributed by atoms with van der Waals surface area (Å²) in [5, 5.41) is 17.2. The molecule has 1 unspecified atom stereocenters. The van der Waals surface area contributed by atoms with E-state index in [2.05, 4.69) is 15.6 Å². The van der Waals surface area contributed by atoms with Crippen molar-refractivity contribution in [3.63, 3.8) is 0 Å². The van der Waals surface area contributed by atoms with E-state index in [4.69, 9.17) is 4.74 Å². The van der Waals surface area contributed by atoms with Crippen molar-refractivity contribution in [2.75, 3.05) is 11.9 Å². The summed E-state index contributed by atoms with van der Waals surface area (Å²) in [6.45, 7) is 1.61. The fourth-order valence-corrected chi connectivity index (χ4v) is 3.26. The molecule has 0 aliphatic rings. The number of carbonyl (C=O) groups is 2. The Hall–Kier alpha value is -3.96. The van der Waals surface area contributed by atoms with Gasteiger partial charge in [0.05, 0.1) is 6.04 Å². The fraction of sp³-hybridized carbons (Fsp3) is 0.130. The third-order valence-electron chi connectivity index (χ3n) is 4.27. The monoisotopic (exact) mass is 432 g/mol. The number of ether oxygens (including phenoxy) is 1. The Morgan fingerprint density at radius 2 is 1.94 bits per heavy atom. The second-order valence-electron chi connectivity index (χ2n) is 6.49. The predicted octanol–water partition coefficient (Wildman–Crippen LogP) is 3.94. The van der Waals surface area contributed by atoms with Gasteiger partial charge in [0, 0.05) is 17.1 Å². The van der Waals surface area contributed by atoms with Gasteiger partial charge in [-0.05, 0) is 24.6 Å². The van der Waals surface area contributed by atoms with Gasteiger partial charge in [0.25, 0.3) is 11.8 Å². The van der Waals surface area contributed by atoms with Crippen molar-refractivity contribution in [3.05, 3.63) is 82.9 Å². The number of anilines is 1. The van der Waals surface area contributed by atoms with Crippen LogP contribution in [0.5, 0.6) is 5.75 Å². The van der Waals surface area contributed by atoms with Crippen LogP contribution in [0, 0.1) is 11.3 Å². The Balaban J connectivity index is 1.68. The first-order valence-electron chi connectivity index (χ1n) is 9.45. The molecule has 0 fully saturated rings. The molecule has 0 spiro atoms. The Labute approximate surface area is 184 Å². The number of benzene rings is 2. The van der Waals surface area contributed by atoms with E-state index >= 15 is 0 Å². The number of amides is 2. The molecular formula is C23H20N4O3S. The van der Waals surface area contributed by atoms with Crippen molar-refractivity contribution in [2.45, 2.75) is 13.0 Å². The number of nitrogens with one attached hydrogen (secondary N) is 2. The van der Waals surface area contributed by atoms with Gasteiger partial charge < -0.3 is 10.1 Å². The number of thiazole rings is 1. The van der Waals surface area contributed by atoms with Crippen LogP contribution < -0.4 is 15.4 Å². The molecule has 8 heteroatoms. The smallest absolute Gasteiger partial charge is 0.264 e. The van der Waals surface area contributed by atoms with Crippen LogP contribution in [-0.2, 0) is 9.59 Å². The summed E-state index contributed by atoms with van der Waals surface area (Å²) in [4.78, 5) is 28.6. The first kappa shape index (κ1) is 21.7. The molecule has 0 radical (unpaired) electrons. The highest BCUT2D eigenvalue weighted by Gasteiger charge is 2.15. The van der Waals surface area contributed by atoms with Crippen LogP contribution in [-0.4, -0.2) is 23.4 Å². The van der Waals surface area contributed by atoms with Crippen molar-refractivity contribution < 1.29 is 14.3 Å². The lowest BCUT2D eigenvalue weighted by atomic mass is 10.1. The lowest BCUT2D eigenvalue weighted by Gasteiger charge is -2.14. The molecule has 1 heterocycles. The molecule has 2 aromatic carbocycles. The zero-order valence-corrected chi connectivity index (χ0v) is 17.6. The maximum Gasteiger partial charge on any atom is 0.264 e. The molecule has 3 rings (SSSR count). The van der Waals surface area contributed by atoms with Gasteiger partial charge in [-0.15, -0.1) is 11.3 Å². The van der Waals surface area contributed by atoms with Crippen LogP contribution in [0.15, 0.2) is 71.7 Å². The normalized spacial score (nSPS) is 11.8. The largest absolute Gasteiger partial charge is 0.483 e. The molecule has 2 N–H and O–H groups in total. The maximum absolute atomic E-state index is 12.6. The number of aromatic nitrogens is 1. The molecular weight excluding hydrogens is 412 g/mol. The molecule has 3 aromatic rings. The third-order valence-corrected chi connectivity index (χ3v) is 4.96. The van der Waals surface area contributed by atoms with E-state index in [0.29, 0.717) is 16.4 Å². The summed E-state index contributed by atoms with van der Waals surface area (Å²) in [6.07, 6.45) is 3.04. The van der Waals surface area contributed by atoms with E-state index in [9.17, 15) is 14.9 Å². The molecule has 0 aliphatic heterocycles. The molecule has 2 amide bonds. The standard InChI is InChI=1S/C23H20N4O3S/c1-16(17-7-3-2-4-8-17)26-22(29)19(14-24)13-18-9-5-6-10-20(18)30-15-21(28)27-23-25-11-12-31-23/h2-13,16H,15H2,1H3,(H,26,29)(H,25,27,28). The van der Waals surface area contributed by atoms with Crippen LogP contribution in [0.3, 0.4) is 0 Å². The van der Waals surface area contributed by atoms with Crippen molar-refractivity contribution in [1.29, 1.82) is 5.26 Å². The van der Waals surface area contributed by atoms with Crippen LogP contribution in [0.1, 0.15) is 24.1 Å². The maximum atomic E-state index is 12.6.